The first-order chi connectivity index (χ1) is 30.0. The Morgan fingerprint density at radius 3 is 1.75 bits per heavy atom. The normalized spacial score (nSPS) is 14.5. The van der Waals surface area contributed by atoms with E-state index in [1.807, 2.05) is 6.07 Å². The lowest BCUT2D eigenvalue weighted by molar-refractivity contribution is 0.436. The topological polar surface area (TPSA) is 25.6 Å². The second-order valence-corrected chi connectivity index (χ2v) is 17.2. The van der Waals surface area contributed by atoms with E-state index in [1.165, 1.54) is 55.6 Å². The molecule has 3 aliphatic rings. The van der Waals surface area contributed by atoms with Crippen LogP contribution in [0.1, 0.15) is 47.2 Å². The lowest BCUT2D eigenvalue weighted by atomic mass is 9.66. The minimum atomic E-state index is -0.592. The van der Waals surface area contributed by atoms with Crippen LogP contribution in [0.2, 0.25) is 0 Å². The molecule has 1 spiro atoms. The molecule has 3 heteroatoms. The first-order valence-corrected chi connectivity index (χ1v) is 21.2. The quantitative estimate of drug-likeness (QED) is 0.178. The zero-order valence-corrected chi connectivity index (χ0v) is 33.8. The standard InChI is InChI=1S/C58H39NO2/c1-57(2)48-33-37(36-15-4-3-5-16-36)27-30-42(48)43-31-28-38(34-49(43)57)59(51-23-14-26-55-56(51)44-19-8-12-24-52(44)60-55)39-29-32-54-50(35-39)58(47-22-11-13-25-53(47)61-54)45-20-9-6-17-40(45)41-18-7-10-21-46(41)58/h3-35H,1-2H3. The molecule has 288 valence electrons. The summed E-state index contributed by atoms with van der Waals surface area (Å²) in [4.78, 5) is 2.44. The molecule has 2 aliphatic carbocycles. The predicted molar refractivity (Wildman–Crippen MR) is 249 cm³/mol. The van der Waals surface area contributed by atoms with Gasteiger partial charge < -0.3 is 14.1 Å². The molecule has 0 saturated heterocycles. The van der Waals surface area contributed by atoms with Gasteiger partial charge in [0.15, 0.2) is 0 Å². The van der Waals surface area contributed by atoms with E-state index in [0.29, 0.717) is 0 Å². The monoisotopic (exact) mass is 781 g/mol. The highest BCUT2D eigenvalue weighted by Gasteiger charge is 2.51. The molecule has 0 atom stereocenters. The van der Waals surface area contributed by atoms with Crippen molar-refractivity contribution in [3.05, 3.63) is 234 Å². The molecule has 0 radical (unpaired) electrons. The largest absolute Gasteiger partial charge is 0.457 e. The summed E-state index contributed by atoms with van der Waals surface area (Å²) in [6, 6.07) is 72.8. The highest BCUT2D eigenvalue weighted by Crippen LogP contribution is 2.63. The molecule has 0 unspecified atom stereocenters. The Bertz CT molecular complexity index is 3400. The Labute approximate surface area is 354 Å². The van der Waals surface area contributed by atoms with E-state index in [4.69, 9.17) is 9.15 Å². The van der Waals surface area contributed by atoms with E-state index in [9.17, 15) is 0 Å². The second-order valence-electron chi connectivity index (χ2n) is 17.2. The molecular formula is C58H39NO2. The van der Waals surface area contributed by atoms with Crippen LogP contribution < -0.4 is 9.64 Å². The third kappa shape index (κ3) is 4.63. The van der Waals surface area contributed by atoms with Gasteiger partial charge in [-0.25, -0.2) is 0 Å². The number of anilines is 3. The first kappa shape index (κ1) is 34.3. The highest BCUT2D eigenvalue weighted by atomic mass is 16.5. The summed E-state index contributed by atoms with van der Waals surface area (Å²) in [5.41, 5.74) is 19.1. The fourth-order valence-electron chi connectivity index (χ4n) is 11.0. The zero-order chi connectivity index (χ0) is 40.5. The van der Waals surface area contributed by atoms with Crippen LogP contribution in [0, 0.1) is 0 Å². The van der Waals surface area contributed by atoms with Crippen molar-refractivity contribution >= 4 is 39.0 Å². The first-order valence-electron chi connectivity index (χ1n) is 21.2. The molecule has 10 aromatic rings. The summed E-state index contributed by atoms with van der Waals surface area (Å²) in [6.45, 7) is 4.74. The smallest absolute Gasteiger partial charge is 0.137 e. The summed E-state index contributed by atoms with van der Waals surface area (Å²) in [6.07, 6.45) is 0. The van der Waals surface area contributed by atoms with Crippen molar-refractivity contribution in [2.24, 2.45) is 0 Å². The number of benzene rings is 9. The summed E-state index contributed by atoms with van der Waals surface area (Å²) in [7, 11) is 0. The lowest BCUT2D eigenvalue weighted by Crippen LogP contribution is -2.32. The molecule has 9 aromatic carbocycles. The number of furan rings is 1. The number of rotatable bonds is 4. The van der Waals surface area contributed by atoms with Crippen LogP contribution in [0.15, 0.2) is 205 Å². The number of nitrogens with zero attached hydrogens (tertiary/aromatic N) is 1. The van der Waals surface area contributed by atoms with Crippen molar-refractivity contribution in [1.29, 1.82) is 0 Å². The Hall–Kier alpha value is -7.62. The summed E-state index contributed by atoms with van der Waals surface area (Å²) < 4.78 is 13.4. The average Bonchev–Trinajstić information content (AvgIpc) is 3.91. The van der Waals surface area contributed by atoms with Crippen molar-refractivity contribution in [2.75, 3.05) is 4.90 Å². The number of fused-ring (bicyclic) bond motifs is 15. The van der Waals surface area contributed by atoms with Gasteiger partial charge in [-0.1, -0.05) is 153 Å². The summed E-state index contributed by atoms with van der Waals surface area (Å²) in [5, 5.41) is 2.17. The SMILES string of the molecule is CC1(C)c2cc(-c3ccccc3)ccc2-c2ccc(N(c3ccc4c(c3)C3(c5ccccc5O4)c4ccccc4-c4ccccc43)c3cccc4oc5ccccc5c34)cc21. The molecule has 13 rings (SSSR count). The van der Waals surface area contributed by atoms with Gasteiger partial charge in [0.25, 0.3) is 0 Å². The molecule has 61 heavy (non-hydrogen) atoms. The molecule has 0 N–H and O–H groups in total. The molecule has 0 saturated carbocycles. The van der Waals surface area contributed by atoms with Crippen LogP contribution in [0.4, 0.5) is 17.1 Å². The van der Waals surface area contributed by atoms with E-state index < -0.39 is 5.41 Å². The minimum absolute atomic E-state index is 0.236. The Kier molecular flexibility index (Phi) is 6.99. The number of para-hydroxylation sites is 2. The molecule has 0 bridgehead atoms. The number of ether oxygens (including phenoxy) is 1. The van der Waals surface area contributed by atoms with Gasteiger partial charge in [-0.05, 0) is 116 Å². The van der Waals surface area contributed by atoms with Gasteiger partial charge in [0.1, 0.15) is 22.7 Å². The lowest BCUT2D eigenvalue weighted by Gasteiger charge is -2.40. The fraction of sp³-hybridized carbons (Fsp3) is 0.0690. The molecule has 1 aromatic heterocycles. The Morgan fingerprint density at radius 2 is 0.967 bits per heavy atom. The van der Waals surface area contributed by atoms with E-state index in [1.54, 1.807) is 0 Å². The van der Waals surface area contributed by atoms with E-state index >= 15 is 0 Å². The van der Waals surface area contributed by atoms with Crippen molar-refractivity contribution in [3.8, 4) is 44.9 Å². The van der Waals surface area contributed by atoms with E-state index in [-0.39, 0.29) is 5.41 Å². The molecule has 0 amide bonds. The van der Waals surface area contributed by atoms with Crippen molar-refractivity contribution in [2.45, 2.75) is 24.7 Å². The van der Waals surface area contributed by atoms with Crippen LogP contribution in [-0.2, 0) is 10.8 Å². The van der Waals surface area contributed by atoms with Gasteiger partial charge in [0, 0.05) is 33.3 Å². The average molecular weight is 782 g/mol. The predicted octanol–water partition coefficient (Wildman–Crippen LogP) is 15.5. The maximum absolute atomic E-state index is 6.89. The van der Waals surface area contributed by atoms with E-state index in [0.717, 1.165) is 61.6 Å². The van der Waals surface area contributed by atoms with Gasteiger partial charge >= 0.3 is 0 Å². The Balaban J connectivity index is 1.07. The van der Waals surface area contributed by atoms with Crippen LogP contribution >= 0.6 is 0 Å². The summed E-state index contributed by atoms with van der Waals surface area (Å²) in [5.74, 6) is 1.75. The van der Waals surface area contributed by atoms with Gasteiger partial charge in [0.2, 0.25) is 0 Å². The number of hydrogen-bond acceptors (Lipinski definition) is 3. The van der Waals surface area contributed by atoms with Gasteiger partial charge in [0.05, 0.1) is 16.5 Å². The van der Waals surface area contributed by atoms with Crippen LogP contribution in [0.3, 0.4) is 0 Å². The van der Waals surface area contributed by atoms with Crippen LogP contribution in [-0.4, -0.2) is 0 Å². The van der Waals surface area contributed by atoms with Crippen LogP contribution in [0.25, 0.3) is 55.3 Å². The zero-order valence-electron chi connectivity index (χ0n) is 33.8. The second kappa shape index (κ2) is 12.5. The van der Waals surface area contributed by atoms with E-state index in [2.05, 4.69) is 213 Å². The van der Waals surface area contributed by atoms with Crippen molar-refractivity contribution < 1.29 is 9.15 Å². The summed E-state index contributed by atoms with van der Waals surface area (Å²) >= 11 is 0. The molecule has 2 heterocycles. The third-order valence-corrected chi connectivity index (χ3v) is 13.7. The highest BCUT2D eigenvalue weighted by molar-refractivity contribution is 6.13. The van der Waals surface area contributed by atoms with Crippen LogP contribution in [0.5, 0.6) is 11.5 Å². The third-order valence-electron chi connectivity index (χ3n) is 13.7. The molecule has 1 aliphatic heterocycles. The molecular weight excluding hydrogens is 743 g/mol. The Morgan fingerprint density at radius 1 is 0.393 bits per heavy atom. The number of hydrogen-bond donors (Lipinski definition) is 0. The fourth-order valence-corrected chi connectivity index (χ4v) is 11.0. The maximum Gasteiger partial charge on any atom is 0.137 e. The van der Waals surface area contributed by atoms with Gasteiger partial charge in [-0.2, -0.15) is 0 Å². The van der Waals surface area contributed by atoms with Gasteiger partial charge in [-0.3, -0.25) is 0 Å². The molecule has 0 fully saturated rings. The van der Waals surface area contributed by atoms with Crippen molar-refractivity contribution in [1.82, 2.24) is 0 Å². The van der Waals surface area contributed by atoms with Gasteiger partial charge in [-0.15, -0.1) is 0 Å². The van der Waals surface area contributed by atoms with Crippen molar-refractivity contribution in [3.63, 3.8) is 0 Å². The molecule has 3 nitrogen and oxygen atoms in total. The minimum Gasteiger partial charge on any atom is -0.457 e. The maximum atomic E-state index is 6.89.